The Morgan fingerprint density at radius 3 is 2.68 bits per heavy atom. The number of benzene rings is 2. The fourth-order valence-corrected chi connectivity index (χ4v) is 4.36. The first-order chi connectivity index (χ1) is 15.0. The van der Waals surface area contributed by atoms with Gasteiger partial charge in [-0.15, -0.1) is 0 Å². The Balaban J connectivity index is 1.39. The second-order valence-electron chi connectivity index (χ2n) is 8.46. The van der Waals surface area contributed by atoms with Gasteiger partial charge in [0.25, 0.3) is 0 Å². The van der Waals surface area contributed by atoms with Crippen molar-refractivity contribution in [3.63, 3.8) is 0 Å². The summed E-state index contributed by atoms with van der Waals surface area (Å²) in [5, 5.41) is 5.34. The number of rotatable bonds is 5. The standard InChI is InChI=1S/C23H23F2N3O3/c24-15-3-5-16(6-4-15)26-23(30)27-21-18(12-28(22(21)29)11-13-1-2-13)17-9-14-7-8-31-20(14)10-19(17)25/h3-6,9-10,13,18,21H,1-2,7-8,11-12H2,(H2,26,27,30)/t18-,21-/m0/s1. The van der Waals surface area contributed by atoms with Gasteiger partial charge in [-0.25, -0.2) is 13.6 Å². The number of likely N-dealkylation sites (tertiary alicyclic amines) is 1. The van der Waals surface area contributed by atoms with Gasteiger partial charge in [-0.2, -0.15) is 0 Å². The highest BCUT2D eigenvalue weighted by atomic mass is 19.1. The third kappa shape index (κ3) is 4.06. The van der Waals surface area contributed by atoms with Crippen molar-refractivity contribution in [3.05, 3.63) is 59.2 Å². The van der Waals surface area contributed by atoms with Crippen LogP contribution in [-0.4, -0.2) is 42.6 Å². The average Bonchev–Trinajstić information content (AvgIpc) is 3.37. The lowest BCUT2D eigenvalue weighted by Gasteiger charge is -2.20. The van der Waals surface area contributed by atoms with Crippen LogP contribution in [0.4, 0.5) is 19.3 Å². The molecule has 8 heteroatoms. The number of halogens is 2. The Hall–Kier alpha value is -3.16. The predicted molar refractivity (Wildman–Crippen MR) is 110 cm³/mol. The maximum absolute atomic E-state index is 14.9. The highest BCUT2D eigenvalue weighted by molar-refractivity contribution is 5.95. The molecule has 5 rings (SSSR count). The van der Waals surface area contributed by atoms with E-state index >= 15 is 0 Å². The second kappa shape index (κ2) is 7.83. The van der Waals surface area contributed by atoms with Crippen molar-refractivity contribution in [2.75, 3.05) is 25.0 Å². The summed E-state index contributed by atoms with van der Waals surface area (Å²) >= 11 is 0. The van der Waals surface area contributed by atoms with Crippen LogP contribution < -0.4 is 15.4 Å². The molecule has 2 aromatic carbocycles. The van der Waals surface area contributed by atoms with Crippen molar-refractivity contribution >= 4 is 17.6 Å². The number of anilines is 1. The minimum atomic E-state index is -0.880. The summed E-state index contributed by atoms with van der Waals surface area (Å²) in [6.45, 7) is 1.49. The highest BCUT2D eigenvalue weighted by Gasteiger charge is 2.45. The molecule has 2 aliphatic heterocycles. The molecule has 2 aromatic rings. The smallest absolute Gasteiger partial charge is 0.319 e. The molecule has 162 valence electrons. The number of fused-ring (bicyclic) bond motifs is 1. The molecule has 1 saturated heterocycles. The number of nitrogens with one attached hydrogen (secondary N) is 2. The molecule has 2 N–H and O–H groups in total. The maximum Gasteiger partial charge on any atom is 0.319 e. The summed E-state index contributed by atoms with van der Waals surface area (Å²) in [4.78, 5) is 27.4. The Morgan fingerprint density at radius 2 is 1.94 bits per heavy atom. The summed E-state index contributed by atoms with van der Waals surface area (Å²) in [7, 11) is 0. The van der Waals surface area contributed by atoms with Crippen LogP contribution in [0, 0.1) is 17.6 Å². The molecule has 0 aromatic heterocycles. The van der Waals surface area contributed by atoms with Gasteiger partial charge in [0.15, 0.2) is 0 Å². The number of amides is 3. The normalized spacial score (nSPS) is 22.3. The van der Waals surface area contributed by atoms with Crippen molar-refractivity contribution < 1.29 is 23.1 Å². The van der Waals surface area contributed by atoms with Crippen LogP contribution in [0.25, 0.3) is 0 Å². The van der Waals surface area contributed by atoms with E-state index in [4.69, 9.17) is 4.74 Å². The van der Waals surface area contributed by atoms with Crippen LogP contribution in [0.15, 0.2) is 36.4 Å². The average molecular weight is 427 g/mol. The van der Waals surface area contributed by atoms with Crippen molar-refractivity contribution in [2.45, 2.75) is 31.2 Å². The lowest BCUT2D eigenvalue weighted by atomic mass is 9.91. The summed E-state index contributed by atoms with van der Waals surface area (Å²) in [5.74, 6) is -0.534. The number of hydrogen-bond donors (Lipinski definition) is 2. The van der Waals surface area contributed by atoms with Crippen LogP contribution in [0.5, 0.6) is 5.75 Å². The van der Waals surface area contributed by atoms with Crippen molar-refractivity contribution in [2.24, 2.45) is 5.92 Å². The van der Waals surface area contributed by atoms with Crippen molar-refractivity contribution in [1.29, 1.82) is 0 Å². The van der Waals surface area contributed by atoms with E-state index in [2.05, 4.69) is 10.6 Å². The molecule has 0 radical (unpaired) electrons. The SMILES string of the molecule is O=C(Nc1ccc(F)cc1)N[C@@H]1C(=O)N(CC2CC2)C[C@H]1c1cc2c(cc1F)OCC2. The van der Waals surface area contributed by atoms with Gasteiger partial charge in [-0.3, -0.25) is 4.79 Å². The monoisotopic (exact) mass is 427 g/mol. The van der Waals surface area contributed by atoms with Crippen LogP contribution in [0.3, 0.4) is 0 Å². The van der Waals surface area contributed by atoms with E-state index in [-0.39, 0.29) is 5.91 Å². The number of hydrogen-bond acceptors (Lipinski definition) is 3. The van der Waals surface area contributed by atoms with Crippen LogP contribution in [0.2, 0.25) is 0 Å². The number of ether oxygens (including phenoxy) is 1. The van der Waals surface area contributed by atoms with Gasteiger partial charge in [-0.05, 0) is 60.2 Å². The van der Waals surface area contributed by atoms with Gasteiger partial charge in [0.1, 0.15) is 23.4 Å². The van der Waals surface area contributed by atoms with Crippen LogP contribution >= 0.6 is 0 Å². The second-order valence-corrected chi connectivity index (χ2v) is 8.46. The number of urea groups is 1. The quantitative estimate of drug-likeness (QED) is 0.768. The summed E-state index contributed by atoms with van der Waals surface area (Å²) in [5.41, 5.74) is 1.73. The Bertz CT molecular complexity index is 1020. The topological polar surface area (TPSA) is 70.7 Å². The molecule has 6 nitrogen and oxygen atoms in total. The van der Waals surface area contributed by atoms with Gasteiger partial charge < -0.3 is 20.3 Å². The van der Waals surface area contributed by atoms with Gasteiger partial charge in [0.05, 0.1) is 6.61 Å². The first kappa shape index (κ1) is 19.8. The highest BCUT2D eigenvalue weighted by Crippen LogP contribution is 2.38. The summed E-state index contributed by atoms with van der Waals surface area (Å²) in [6, 6.07) is 7.01. The zero-order valence-corrected chi connectivity index (χ0v) is 16.9. The lowest BCUT2D eigenvalue weighted by Crippen LogP contribution is -2.45. The largest absolute Gasteiger partial charge is 0.493 e. The van der Waals surface area contributed by atoms with Crippen LogP contribution in [0.1, 0.15) is 29.9 Å². The molecule has 3 amide bonds. The molecule has 2 fully saturated rings. The van der Waals surface area contributed by atoms with Gasteiger partial charge in [0.2, 0.25) is 5.91 Å². The number of nitrogens with zero attached hydrogens (tertiary/aromatic N) is 1. The Labute approximate surface area is 178 Å². The van der Waals surface area contributed by atoms with E-state index in [1.807, 2.05) is 0 Å². The molecule has 2 heterocycles. The number of carbonyl (C=O) groups is 2. The molecule has 31 heavy (non-hydrogen) atoms. The maximum atomic E-state index is 14.9. The third-order valence-electron chi connectivity index (χ3n) is 6.17. The van der Waals surface area contributed by atoms with E-state index in [0.29, 0.717) is 49.0 Å². The molecular weight excluding hydrogens is 404 g/mol. The first-order valence-corrected chi connectivity index (χ1v) is 10.5. The molecule has 0 spiro atoms. The fraction of sp³-hybridized carbons (Fsp3) is 0.391. The molecule has 1 aliphatic carbocycles. The zero-order chi connectivity index (χ0) is 21.5. The Kier molecular flexibility index (Phi) is 5.00. The Morgan fingerprint density at radius 1 is 1.16 bits per heavy atom. The zero-order valence-electron chi connectivity index (χ0n) is 16.9. The molecule has 0 unspecified atom stereocenters. The third-order valence-corrected chi connectivity index (χ3v) is 6.17. The summed E-state index contributed by atoms with van der Waals surface area (Å²) < 4.78 is 33.5. The molecule has 1 saturated carbocycles. The fourth-order valence-electron chi connectivity index (χ4n) is 4.36. The van der Waals surface area contributed by atoms with Gasteiger partial charge >= 0.3 is 6.03 Å². The minimum absolute atomic E-state index is 0.206. The first-order valence-electron chi connectivity index (χ1n) is 10.5. The van der Waals surface area contributed by atoms with E-state index in [9.17, 15) is 18.4 Å². The predicted octanol–water partition coefficient (Wildman–Crippen LogP) is 3.43. The molecule has 2 atom stereocenters. The van der Waals surface area contributed by atoms with Crippen LogP contribution in [-0.2, 0) is 11.2 Å². The minimum Gasteiger partial charge on any atom is -0.493 e. The van der Waals surface area contributed by atoms with Gasteiger partial charge in [-0.1, -0.05) is 0 Å². The van der Waals surface area contributed by atoms with E-state index in [1.54, 1.807) is 11.0 Å². The summed E-state index contributed by atoms with van der Waals surface area (Å²) in [6.07, 6.45) is 2.86. The lowest BCUT2D eigenvalue weighted by molar-refractivity contribution is -0.129. The van der Waals surface area contributed by atoms with E-state index < -0.39 is 29.6 Å². The van der Waals surface area contributed by atoms with E-state index in [0.717, 1.165) is 18.4 Å². The molecular formula is C23H23F2N3O3. The molecule has 3 aliphatic rings. The van der Waals surface area contributed by atoms with E-state index in [1.165, 1.54) is 30.3 Å². The van der Waals surface area contributed by atoms with Crippen molar-refractivity contribution in [3.8, 4) is 5.75 Å². The van der Waals surface area contributed by atoms with Gasteiger partial charge in [0, 0.05) is 37.2 Å². The molecule has 0 bridgehead atoms. The number of carbonyl (C=O) groups excluding carboxylic acids is 2. The van der Waals surface area contributed by atoms with Crippen molar-refractivity contribution in [1.82, 2.24) is 10.2 Å².